The van der Waals surface area contributed by atoms with E-state index in [0.717, 1.165) is 0 Å². The van der Waals surface area contributed by atoms with Crippen LogP contribution in [0.1, 0.15) is 17.4 Å². The van der Waals surface area contributed by atoms with Gasteiger partial charge in [0.2, 0.25) is 6.33 Å². The monoisotopic (exact) mass is 429 g/mol. The third-order valence-electron chi connectivity index (χ3n) is 2.80. The molecule has 0 saturated heterocycles. The van der Waals surface area contributed by atoms with Crippen LogP contribution in [0.3, 0.4) is 0 Å². The van der Waals surface area contributed by atoms with Crippen molar-refractivity contribution in [2.75, 3.05) is 6.54 Å². The van der Waals surface area contributed by atoms with E-state index >= 15 is 0 Å². The molecular formula is C12H12BrN7O4S. The Hall–Kier alpha value is -2.67. The normalized spacial score (nSPS) is 11.2. The summed E-state index contributed by atoms with van der Waals surface area (Å²) in [6.07, 6.45) is 2.65. The number of hydrogen-bond acceptors (Lipinski definition) is 8. The first-order valence-electron chi connectivity index (χ1n) is 6.81. The quantitative estimate of drug-likeness (QED) is 0.376. The Balaban J connectivity index is 1.85. The maximum Gasteiger partial charge on any atom is 0.490 e. The first-order valence-corrected chi connectivity index (χ1v) is 8.48. The number of nitrogens with one attached hydrogen (secondary N) is 2. The molecule has 0 saturated carbocycles. The third kappa shape index (κ3) is 5.15. The molecule has 0 fully saturated rings. The number of amides is 2. The summed E-state index contributed by atoms with van der Waals surface area (Å²) in [5.74, 6) is -1.51. The molecule has 0 spiro atoms. The highest BCUT2D eigenvalue weighted by Crippen LogP contribution is 2.15. The number of nitro groups is 1. The molecule has 2 rings (SSSR count). The lowest BCUT2D eigenvalue weighted by Crippen LogP contribution is -2.36. The second kappa shape index (κ2) is 8.43. The summed E-state index contributed by atoms with van der Waals surface area (Å²) in [4.78, 5) is 41.3. The summed E-state index contributed by atoms with van der Waals surface area (Å²) >= 11 is 4.41. The van der Waals surface area contributed by atoms with Gasteiger partial charge >= 0.3 is 5.95 Å². The zero-order chi connectivity index (χ0) is 18.4. The van der Waals surface area contributed by atoms with Crippen molar-refractivity contribution in [2.45, 2.75) is 13.5 Å². The van der Waals surface area contributed by atoms with Crippen molar-refractivity contribution in [1.82, 2.24) is 30.4 Å². The smallest absolute Gasteiger partial charge is 0.390 e. The van der Waals surface area contributed by atoms with Gasteiger partial charge in [-0.15, -0.1) is 11.3 Å². The maximum atomic E-state index is 12.1. The number of thiazole rings is 1. The molecule has 11 nitrogen and oxygen atoms in total. The van der Waals surface area contributed by atoms with Gasteiger partial charge in [0.25, 0.3) is 11.8 Å². The van der Waals surface area contributed by atoms with E-state index in [1.165, 1.54) is 28.4 Å². The van der Waals surface area contributed by atoms with Crippen LogP contribution in [0.4, 0.5) is 5.95 Å². The van der Waals surface area contributed by atoms with Crippen LogP contribution in [0, 0.1) is 10.1 Å². The molecule has 25 heavy (non-hydrogen) atoms. The van der Waals surface area contributed by atoms with Gasteiger partial charge in [0.15, 0.2) is 3.92 Å². The highest BCUT2D eigenvalue weighted by atomic mass is 79.9. The van der Waals surface area contributed by atoms with Gasteiger partial charge in [0.1, 0.15) is 11.4 Å². The molecule has 2 heterocycles. The molecule has 0 bridgehead atoms. The Morgan fingerprint density at radius 2 is 2.28 bits per heavy atom. The average molecular weight is 430 g/mol. The van der Waals surface area contributed by atoms with Crippen molar-refractivity contribution in [1.29, 1.82) is 0 Å². The first kappa shape index (κ1) is 18.7. The lowest BCUT2D eigenvalue weighted by atomic mass is 10.3. The van der Waals surface area contributed by atoms with E-state index in [9.17, 15) is 19.7 Å². The summed E-state index contributed by atoms with van der Waals surface area (Å²) in [7, 11) is 0. The minimum atomic E-state index is -0.709. The predicted molar refractivity (Wildman–Crippen MR) is 90.7 cm³/mol. The van der Waals surface area contributed by atoms with Gasteiger partial charge < -0.3 is 20.7 Å². The molecule has 0 radical (unpaired) electrons. The summed E-state index contributed by atoms with van der Waals surface area (Å²) in [5.41, 5.74) is 0.262. The third-order valence-corrected chi connectivity index (χ3v) is 4.17. The lowest BCUT2D eigenvalue weighted by molar-refractivity contribution is -0.394. The molecule has 2 aromatic rings. The van der Waals surface area contributed by atoms with E-state index in [0.29, 0.717) is 3.92 Å². The largest absolute Gasteiger partial charge is 0.490 e. The summed E-state index contributed by atoms with van der Waals surface area (Å²) < 4.78 is 1.80. The van der Waals surface area contributed by atoms with Crippen molar-refractivity contribution in [3.8, 4) is 0 Å². The second-order valence-electron chi connectivity index (χ2n) is 4.46. The highest BCUT2D eigenvalue weighted by molar-refractivity contribution is 9.11. The molecular weight excluding hydrogens is 418 g/mol. The van der Waals surface area contributed by atoms with Crippen LogP contribution in [0.5, 0.6) is 0 Å². The molecule has 132 valence electrons. The lowest BCUT2D eigenvalue weighted by Gasteiger charge is -2.09. The van der Waals surface area contributed by atoms with Gasteiger partial charge in [-0.3, -0.25) is 9.59 Å². The number of carbonyl (C=O) groups is 2. The SMILES string of the molecule is C/C=C(\NC(=O)c1csc(Br)n1)C(=O)NCCn1cnc([N+](=O)[O-])n1. The van der Waals surface area contributed by atoms with Crippen molar-refractivity contribution in [3.05, 3.63) is 43.2 Å². The van der Waals surface area contributed by atoms with E-state index in [-0.39, 0.29) is 24.5 Å². The van der Waals surface area contributed by atoms with E-state index in [2.05, 4.69) is 41.6 Å². The van der Waals surface area contributed by atoms with Gasteiger partial charge in [-0.2, -0.15) is 4.68 Å². The van der Waals surface area contributed by atoms with Crippen LogP contribution in [-0.4, -0.2) is 43.0 Å². The Morgan fingerprint density at radius 1 is 1.52 bits per heavy atom. The zero-order valence-corrected chi connectivity index (χ0v) is 15.2. The van der Waals surface area contributed by atoms with Crippen LogP contribution in [0.15, 0.2) is 27.4 Å². The Labute approximate surface area is 153 Å². The standard InChI is InChI=1S/C12H12BrN7O4S/c1-2-7(16-10(22)8-5-25-11(13)17-8)9(21)14-3-4-19-6-15-12(18-19)20(23)24/h2,5-6H,3-4H2,1H3,(H,14,21)(H,16,22)/b7-2-. The first-order chi connectivity index (χ1) is 11.9. The molecule has 0 aromatic carbocycles. The fraction of sp³-hybridized carbons (Fsp3) is 0.250. The Kier molecular flexibility index (Phi) is 6.30. The fourth-order valence-electron chi connectivity index (χ4n) is 1.66. The number of nitrogens with zero attached hydrogens (tertiary/aromatic N) is 5. The highest BCUT2D eigenvalue weighted by Gasteiger charge is 2.16. The van der Waals surface area contributed by atoms with E-state index in [1.54, 1.807) is 12.3 Å². The molecule has 0 unspecified atom stereocenters. The van der Waals surface area contributed by atoms with Crippen molar-refractivity contribution in [3.63, 3.8) is 0 Å². The predicted octanol–water partition coefficient (Wildman–Crippen LogP) is 0.855. The molecule has 0 atom stereocenters. The second-order valence-corrected chi connectivity index (χ2v) is 6.60. The number of aromatic nitrogens is 4. The average Bonchev–Trinajstić information content (AvgIpc) is 3.21. The molecule has 0 aliphatic heterocycles. The van der Waals surface area contributed by atoms with Gasteiger partial charge in [0, 0.05) is 17.0 Å². The molecule has 2 amide bonds. The number of hydrogen-bond donors (Lipinski definition) is 2. The summed E-state index contributed by atoms with van der Waals surface area (Å²) in [5, 5.41) is 20.7. The minimum absolute atomic E-state index is 0.0682. The maximum absolute atomic E-state index is 12.1. The summed E-state index contributed by atoms with van der Waals surface area (Å²) in [6.45, 7) is 1.94. The fourth-order valence-corrected chi connectivity index (χ4v) is 2.65. The molecule has 2 aromatic heterocycles. The topological polar surface area (TPSA) is 145 Å². The van der Waals surface area contributed by atoms with E-state index < -0.39 is 22.7 Å². The zero-order valence-electron chi connectivity index (χ0n) is 12.8. The Bertz CT molecular complexity index is 831. The van der Waals surface area contributed by atoms with E-state index in [4.69, 9.17) is 0 Å². The molecule has 13 heteroatoms. The molecule has 0 aliphatic carbocycles. The van der Waals surface area contributed by atoms with Crippen LogP contribution in [-0.2, 0) is 11.3 Å². The van der Waals surface area contributed by atoms with Gasteiger partial charge in [-0.05, 0) is 27.8 Å². The van der Waals surface area contributed by atoms with Gasteiger partial charge in [0.05, 0.1) is 6.54 Å². The number of allylic oxidation sites excluding steroid dienone is 1. The van der Waals surface area contributed by atoms with Crippen molar-refractivity contribution in [2.24, 2.45) is 0 Å². The van der Waals surface area contributed by atoms with Crippen LogP contribution in [0.25, 0.3) is 0 Å². The number of halogens is 1. The summed E-state index contributed by atoms with van der Waals surface area (Å²) in [6, 6.07) is 0. The van der Waals surface area contributed by atoms with Gasteiger partial charge in [-0.25, -0.2) is 4.98 Å². The van der Waals surface area contributed by atoms with Gasteiger partial charge in [-0.1, -0.05) is 11.1 Å². The van der Waals surface area contributed by atoms with E-state index in [1.807, 2.05) is 0 Å². The number of rotatable bonds is 7. The minimum Gasteiger partial charge on any atom is -0.390 e. The molecule has 2 N–H and O–H groups in total. The molecule has 0 aliphatic rings. The van der Waals surface area contributed by atoms with Crippen LogP contribution >= 0.6 is 27.3 Å². The Morgan fingerprint density at radius 3 is 2.84 bits per heavy atom. The number of carbonyl (C=O) groups excluding carboxylic acids is 2. The van der Waals surface area contributed by atoms with Crippen molar-refractivity contribution < 1.29 is 14.5 Å². The van der Waals surface area contributed by atoms with Crippen LogP contribution in [0.2, 0.25) is 0 Å². The van der Waals surface area contributed by atoms with Crippen LogP contribution < -0.4 is 10.6 Å². The van der Waals surface area contributed by atoms with Crippen molar-refractivity contribution >= 4 is 45.0 Å².